The predicted molar refractivity (Wildman–Crippen MR) is 60.5 cm³/mol. The summed E-state index contributed by atoms with van der Waals surface area (Å²) < 4.78 is 5.38. The molecule has 5 heteroatoms. The molecule has 0 heterocycles. The van der Waals surface area contributed by atoms with E-state index in [0.29, 0.717) is 19.3 Å². The van der Waals surface area contributed by atoms with Gasteiger partial charge in [-0.15, -0.1) is 0 Å². The number of carboxylic acid groups (broad SMARTS) is 1. The Balaban J connectivity index is 1.70. The summed E-state index contributed by atoms with van der Waals surface area (Å²) in [5.41, 5.74) is -0.250. The van der Waals surface area contributed by atoms with Crippen molar-refractivity contribution in [2.24, 2.45) is 5.92 Å². The second-order valence-electron chi connectivity index (χ2n) is 5.19. The summed E-state index contributed by atoms with van der Waals surface area (Å²) in [5.74, 6) is -1.05. The van der Waals surface area contributed by atoms with Gasteiger partial charge in [-0.2, -0.15) is 0 Å². The molecule has 2 saturated carbocycles. The van der Waals surface area contributed by atoms with Crippen LogP contribution >= 0.6 is 0 Å². The third kappa shape index (κ3) is 2.60. The molecule has 0 aromatic rings. The predicted octanol–water partition coefficient (Wildman–Crippen LogP) is 0.925. The van der Waals surface area contributed by atoms with Crippen LogP contribution in [0, 0.1) is 5.92 Å². The molecule has 2 fully saturated rings. The van der Waals surface area contributed by atoms with Crippen molar-refractivity contribution in [2.45, 2.75) is 50.2 Å². The SMILES string of the molecule is COC1(CC(=O)NC2CC(C(=O)O)C2)CCC1. The number of rotatable bonds is 5. The minimum Gasteiger partial charge on any atom is -0.481 e. The number of hydrogen-bond acceptors (Lipinski definition) is 3. The van der Waals surface area contributed by atoms with Crippen LogP contribution in [0.2, 0.25) is 0 Å². The van der Waals surface area contributed by atoms with Crippen molar-refractivity contribution in [2.75, 3.05) is 7.11 Å². The average Bonchev–Trinajstić information content (AvgIpc) is 2.16. The number of methoxy groups -OCH3 is 1. The molecule has 2 N–H and O–H groups in total. The van der Waals surface area contributed by atoms with Crippen molar-refractivity contribution in [3.63, 3.8) is 0 Å². The number of carboxylic acids is 1. The van der Waals surface area contributed by atoms with Gasteiger partial charge in [0.15, 0.2) is 0 Å². The molecule has 0 bridgehead atoms. The standard InChI is InChI=1S/C12H19NO4/c1-17-12(3-2-4-12)7-10(14)13-9-5-8(6-9)11(15)16/h8-9H,2-7H2,1H3,(H,13,14)(H,15,16). The topological polar surface area (TPSA) is 75.6 Å². The van der Waals surface area contributed by atoms with Crippen molar-refractivity contribution in [1.82, 2.24) is 5.32 Å². The van der Waals surface area contributed by atoms with Crippen molar-refractivity contribution in [3.05, 3.63) is 0 Å². The average molecular weight is 241 g/mol. The van der Waals surface area contributed by atoms with E-state index in [1.807, 2.05) is 0 Å². The molecule has 96 valence electrons. The van der Waals surface area contributed by atoms with Crippen molar-refractivity contribution < 1.29 is 19.4 Å². The summed E-state index contributed by atoms with van der Waals surface area (Å²) in [6, 6.07) is 0.0394. The van der Waals surface area contributed by atoms with Crippen LogP contribution < -0.4 is 5.32 Å². The monoisotopic (exact) mass is 241 g/mol. The van der Waals surface area contributed by atoms with Gasteiger partial charge >= 0.3 is 5.97 Å². The molecule has 0 radical (unpaired) electrons. The van der Waals surface area contributed by atoms with Gasteiger partial charge in [0.25, 0.3) is 0 Å². The molecule has 17 heavy (non-hydrogen) atoms. The molecule has 5 nitrogen and oxygen atoms in total. The van der Waals surface area contributed by atoms with E-state index >= 15 is 0 Å². The first kappa shape index (κ1) is 12.4. The van der Waals surface area contributed by atoms with Crippen LogP contribution in [0.3, 0.4) is 0 Å². The zero-order valence-electron chi connectivity index (χ0n) is 10.1. The summed E-state index contributed by atoms with van der Waals surface area (Å²) in [6.45, 7) is 0. The molecule has 0 aromatic heterocycles. The molecule has 0 atom stereocenters. The van der Waals surface area contributed by atoms with Crippen LogP contribution in [0.5, 0.6) is 0 Å². The molecule has 0 unspecified atom stereocenters. The second kappa shape index (κ2) is 4.64. The summed E-state index contributed by atoms with van der Waals surface area (Å²) in [5, 5.41) is 11.6. The number of carbonyl (C=O) groups is 2. The summed E-state index contributed by atoms with van der Waals surface area (Å²) in [6.07, 6.45) is 4.52. The van der Waals surface area contributed by atoms with Gasteiger partial charge in [0.2, 0.25) is 5.91 Å². The van der Waals surface area contributed by atoms with Crippen LogP contribution in [-0.2, 0) is 14.3 Å². The Morgan fingerprint density at radius 2 is 2.06 bits per heavy atom. The molecule has 0 spiro atoms. The molecular formula is C12H19NO4. The molecular weight excluding hydrogens is 222 g/mol. The molecule has 2 rings (SSSR count). The number of carbonyl (C=O) groups excluding carboxylic acids is 1. The first-order chi connectivity index (χ1) is 8.04. The van der Waals surface area contributed by atoms with Crippen molar-refractivity contribution >= 4 is 11.9 Å². The molecule has 0 saturated heterocycles. The first-order valence-electron chi connectivity index (χ1n) is 6.12. The summed E-state index contributed by atoms with van der Waals surface area (Å²) >= 11 is 0. The fraction of sp³-hybridized carbons (Fsp3) is 0.833. The highest BCUT2D eigenvalue weighted by Gasteiger charge is 2.41. The lowest BCUT2D eigenvalue weighted by Gasteiger charge is -2.41. The number of ether oxygens (including phenoxy) is 1. The Labute approximate surface area is 101 Å². The maximum absolute atomic E-state index is 11.8. The Morgan fingerprint density at radius 1 is 1.41 bits per heavy atom. The lowest BCUT2D eigenvalue weighted by molar-refractivity contribution is -0.147. The number of hydrogen-bond donors (Lipinski definition) is 2. The van der Waals surface area contributed by atoms with E-state index in [9.17, 15) is 9.59 Å². The van der Waals surface area contributed by atoms with E-state index in [1.54, 1.807) is 7.11 Å². The Morgan fingerprint density at radius 3 is 2.47 bits per heavy atom. The van der Waals surface area contributed by atoms with Gasteiger partial charge in [-0.3, -0.25) is 9.59 Å². The van der Waals surface area contributed by atoms with Crippen molar-refractivity contribution in [1.29, 1.82) is 0 Å². The fourth-order valence-corrected chi connectivity index (χ4v) is 2.53. The first-order valence-corrected chi connectivity index (χ1v) is 6.12. The minimum absolute atomic E-state index is 0.0135. The number of aliphatic carboxylic acids is 1. The van der Waals surface area contributed by atoms with Gasteiger partial charge in [-0.1, -0.05) is 0 Å². The normalized spacial score (nSPS) is 29.9. The summed E-state index contributed by atoms with van der Waals surface area (Å²) in [7, 11) is 1.65. The van der Waals surface area contributed by atoms with Crippen LogP contribution in [0.25, 0.3) is 0 Å². The van der Waals surface area contributed by atoms with Gasteiger partial charge in [-0.05, 0) is 32.1 Å². The van der Waals surface area contributed by atoms with Crippen molar-refractivity contribution in [3.8, 4) is 0 Å². The van der Waals surface area contributed by atoms with Gasteiger partial charge in [0.1, 0.15) is 0 Å². The Bertz CT molecular complexity index is 313. The lowest BCUT2D eigenvalue weighted by Crippen LogP contribution is -2.50. The van der Waals surface area contributed by atoms with E-state index in [0.717, 1.165) is 19.3 Å². The molecule has 1 amide bonds. The maximum Gasteiger partial charge on any atom is 0.306 e. The van der Waals surface area contributed by atoms with Gasteiger partial charge < -0.3 is 15.2 Å². The highest BCUT2D eigenvalue weighted by molar-refractivity contribution is 5.78. The van der Waals surface area contributed by atoms with E-state index in [-0.39, 0.29) is 23.5 Å². The molecule has 2 aliphatic carbocycles. The summed E-state index contributed by atoms with van der Waals surface area (Å²) in [4.78, 5) is 22.4. The van der Waals surface area contributed by atoms with E-state index < -0.39 is 5.97 Å². The minimum atomic E-state index is -0.761. The largest absolute Gasteiger partial charge is 0.481 e. The third-order valence-electron chi connectivity index (χ3n) is 4.03. The molecule has 2 aliphatic rings. The number of nitrogens with one attached hydrogen (secondary N) is 1. The zero-order valence-corrected chi connectivity index (χ0v) is 10.1. The van der Waals surface area contributed by atoms with Crippen LogP contribution in [0.4, 0.5) is 0 Å². The zero-order chi connectivity index (χ0) is 12.5. The van der Waals surface area contributed by atoms with Crippen LogP contribution in [-0.4, -0.2) is 35.7 Å². The molecule has 0 aliphatic heterocycles. The smallest absolute Gasteiger partial charge is 0.306 e. The van der Waals surface area contributed by atoms with E-state index in [2.05, 4.69) is 5.32 Å². The van der Waals surface area contributed by atoms with Crippen LogP contribution in [0.1, 0.15) is 38.5 Å². The number of amides is 1. The van der Waals surface area contributed by atoms with Gasteiger partial charge in [-0.25, -0.2) is 0 Å². The van der Waals surface area contributed by atoms with E-state index in [1.165, 1.54) is 0 Å². The fourth-order valence-electron chi connectivity index (χ4n) is 2.53. The van der Waals surface area contributed by atoms with E-state index in [4.69, 9.17) is 9.84 Å². The van der Waals surface area contributed by atoms with Gasteiger partial charge in [0, 0.05) is 13.2 Å². The van der Waals surface area contributed by atoms with Crippen LogP contribution in [0.15, 0.2) is 0 Å². The third-order valence-corrected chi connectivity index (χ3v) is 4.03. The molecule has 0 aromatic carbocycles. The Kier molecular flexibility index (Phi) is 3.38. The highest BCUT2D eigenvalue weighted by Crippen LogP contribution is 2.38. The highest BCUT2D eigenvalue weighted by atomic mass is 16.5. The second-order valence-corrected chi connectivity index (χ2v) is 5.19. The lowest BCUT2D eigenvalue weighted by atomic mass is 9.76. The maximum atomic E-state index is 11.8. The Hall–Kier alpha value is -1.10. The quantitative estimate of drug-likeness (QED) is 0.750. The van der Waals surface area contributed by atoms with Gasteiger partial charge in [0.05, 0.1) is 17.9 Å².